The standard InChI is InChI=1S/C35H41N7O3S/c1-38(2)17-8-12-28(46-27-10-4-3-5-11-27)24-26-14-15-29-30(25-26)34(43)32-33(35(29)44)41(42(45)37-32)19-9-18-39-20-22-40(23-21-39)31-13-6-7-16-36-31/h3-7,10-11,13-16,25,28H,8-9,12,17-24H2,1-2H3. The second-order valence-electron chi connectivity index (χ2n) is 12.3. The summed E-state index contributed by atoms with van der Waals surface area (Å²) >= 11 is 1.85. The predicted octanol–water partition coefficient (Wildman–Crippen LogP) is 3.94. The van der Waals surface area contributed by atoms with E-state index in [9.17, 15) is 14.8 Å². The van der Waals surface area contributed by atoms with Crippen LogP contribution in [0.3, 0.4) is 0 Å². The summed E-state index contributed by atoms with van der Waals surface area (Å²) < 4.78 is 1.33. The summed E-state index contributed by atoms with van der Waals surface area (Å²) in [5, 5.41) is 17.2. The van der Waals surface area contributed by atoms with Crippen molar-refractivity contribution in [1.29, 1.82) is 0 Å². The topological polar surface area (TPSA) is 102 Å². The zero-order chi connectivity index (χ0) is 32.0. The van der Waals surface area contributed by atoms with Crippen LogP contribution in [0.1, 0.15) is 56.9 Å². The molecule has 1 aliphatic heterocycles. The van der Waals surface area contributed by atoms with E-state index in [0.29, 0.717) is 34.3 Å². The number of pyridine rings is 1. The van der Waals surface area contributed by atoms with Crippen LogP contribution in [-0.2, 0) is 13.0 Å². The van der Waals surface area contributed by atoms with Gasteiger partial charge in [0, 0.05) is 70.3 Å². The van der Waals surface area contributed by atoms with Gasteiger partial charge in [0.15, 0.2) is 5.69 Å². The molecule has 2 aromatic heterocycles. The average Bonchev–Trinajstić information content (AvgIpc) is 3.40. The first-order valence-corrected chi connectivity index (χ1v) is 16.9. The fourth-order valence-corrected chi connectivity index (χ4v) is 7.57. The van der Waals surface area contributed by atoms with E-state index in [1.165, 1.54) is 9.58 Å². The predicted molar refractivity (Wildman–Crippen MR) is 180 cm³/mol. The highest BCUT2D eigenvalue weighted by atomic mass is 32.2. The molecule has 1 fully saturated rings. The Kier molecular flexibility index (Phi) is 10.1. The number of rotatable bonds is 13. The molecule has 10 nitrogen and oxygen atoms in total. The number of aromatic nitrogens is 4. The van der Waals surface area contributed by atoms with Gasteiger partial charge in [-0.15, -0.1) is 16.4 Å². The SMILES string of the molecule is CN(C)CCCC(Cc1ccc2c(c1)C(=O)c1n[n+]([O-])n(CCCN3CCN(c4ccccn4)CC3)c1C2=O)Sc1ccccc1. The number of carbonyl (C=O) groups excluding carboxylic acids is 2. The van der Waals surface area contributed by atoms with Gasteiger partial charge in [0.2, 0.25) is 17.3 Å². The second kappa shape index (κ2) is 14.6. The van der Waals surface area contributed by atoms with Gasteiger partial charge >= 0.3 is 0 Å². The zero-order valence-electron chi connectivity index (χ0n) is 26.5. The van der Waals surface area contributed by atoms with Crippen LogP contribution in [-0.4, -0.2) is 94.7 Å². The molecule has 11 heteroatoms. The van der Waals surface area contributed by atoms with Gasteiger partial charge in [-0.1, -0.05) is 30.3 Å². The van der Waals surface area contributed by atoms with Crippen molar-refractivity contribution in [3.63, 3.8) is 0 Å². The van der Waals surface area contributed by atoms with Crippen molar-refractivity contribution in [3.05, 3.63) is 106 Å². The third-order valence-corrected chi connectivity index (χ3v) is 9.99. The largest absolute Gasteiger partial charge is 0.571 e. The summed E-state index contributed by atoms with van der Waals surface area (Å²) in [6.07, 6.45) is 5.32. The van der Waals surface area contributed by atoms with Crippen LogP contribution < -0.4 is 9.86 Å². The molecule has 0 saturated carbocycles. The molecule has 4 aromatic rings. The normalized spacial score (nSPS) is 15.7. The smallest absolute Gasteiger partial charge is 0.220 e. The Balaban J connectivity index is 1.11. The zero-order valence-corrected chi connectivity index (χ0v) is 27.4. The van der Waals surface area contributed by atoms with Gasteiger partial charge in [0.25, 0.3) is 0 Å². The Morgan fingerprint density at radius 2 is 1.70 bits per heavy atom. The maximum absolute atomic E-state index is 13.7. The van der Waals surface area contributed by atoms with Crippen LogP contribution in [0, 0.1) is 5.21 Å². The second-order valence-corrected chi connectivity index (χ2v) is 13.7. The first-order chi connectivity index (χ1) is 22.4. The molecular weight excluding hydrogens is 598 g/mol. The highest BCUT2D eigenvalue weighted by molar-refractivity contribution is 8.00. The number of ketones is 2. The Hall–Kier alpha value is -4.06. The fourth-order valence-electron chi connectivity index (χ4n) is 6.31. The Morgan fingerprint density at radius 3 is 2.43 bits per heavy atom. The van der Waals surface area contributed by atoms with E-state index < -0.39 is 0 Å². The average molecular weight is 640 g/mol. The molecular formula is C35H41N7O3S. The minimum Gasteiger partial charge on any atom is -0.571 e. The number of hydrogen-bond acceptors (Lipinski definition) is 9. The first kappa shape index (κ1) is 31.9. The van der Waals surface area contributed by atoms with Gasteiger partial charge in [-0.2, -0.15) is 0 Å². The molecule has 0 bridgehead atoms. The summed E-state index contributed by atoms with van der Waals surface area (Å²) in [5.41, 5.74) is 1.73. The molecule has 3 heterocycles. The van der Waals surface area contributed by atoms with Gasteiger partial charge in [0.1, 0.15) is 5.82 Å². The number of piperazine rings is 1. The summed E-state index contributed by atoms with van der Waals surface area (Å²) in [6, 6.07) is 21.8. The van der Waals surface area contributed by atoms with Crippen molar-refractivity contribution < 1.29 is 14.5 Å². The van der Waals surface area contributed by atoms with Crippen molar-refractivity contribution in [2.75, 3.05) is 58.3 Å². The summed E-state index contributed by atoms with van der Waals surface area (Å²) in [5.74, 6) is 0.310. The van der Waals surface area contributed by atoms with Crippen molar-refractivity contribution in [2.45, 2.75) is 42.4 Å². The van der Waals surface area contributed by atoms with Crippen molar-refractivity contribution in [3.8, 4) is 0 Å². The van der Waals surface area contributed by atoms with Crippen molar-refractivity contribution in [2.24, 2.45) is 0 Å². The van der Waals surface area contributed by atoms with Crippen molar-refractivity contribution in [1.82, 2.24) is 24.6 Å². The highest BCUT2D eigenvalue weighted by Gasteiger charge is 2.39. The van der Waals surface area contributed by atoms with Crippen LogP contribution in [0.2, 0.25) is 0 Å². The third-order valence-electron chi connectivity index (χ3n) is 8.71. The Bertz CT molecular complexity index is 1650. The van der Waals surface area contributed by atoms with Gasteiger partial charge in [-0.3, -0.25) is 14.5 Å². The summed E-state index contributed by atoms with van der Waals surface area (Å²) in [4.78, 5) is 40.3. The molecule has 2 aromatic carbocycles. The summed E-state index contributed by atoms with van der Waals surface area (Å²) in [6.45, 7) is 5.64. The van der Waals surface area contributed by atoms with Crippen LogP contribution in [0.15, 0.2) is 77.8 Å². The fraction of sp³-hybridized carbons (Fsp3) is 0.400. The summed E-state index contributed by atoms with van der Waals surface area (Å²) in [7, 11) is 4.16. The molecule has 1 atom stereocenters. The van der Waals surface area contributed by atoms with Gasteiger partial charge < -0.3 is 15.0 Å². The van der Waals surface area contributed by atoms with Crippen molar-refractivity contribution >= 4 is 29.1 Å². The molecule has 0 amide bonds. The minimum absolute atomic E-state index is 0.0465. The molecule has 0 spiro atoms. The molecule has 1 unspecified atom stereocenters. The van der Waals surface area contributed by atoms with E-state index in [1.54, 1.807) is 6.07 Å². The minimum atomic E-state index is -0.361. The molecule has 2 aliphatic rings. The monoisotopic (exact) mass is 639 g/mol. The highest BCUT2D eigenvalue weighted by Crippen LogP contribution is 2.31. The lowest BCUT2D eigenvalue weighted by atomic mass is 9.88. The Morgan fingerprint density at radius 1 is 0.913 bits per heavy atom. The molecule has 1 saturated heterocycles. The lowest BCUT2D eigenvalue weighted by Crippen LogP contribution is -2.47. The molecule has 240 valence electrons. The number of nitrogens with zero attached hydrogens (tertiary/aromatic N) is 7. The maximum atomic E-state index is 13.7. The van der Waals surface area contributed by atoms with E-state index >= 15 is 0 Å². The van der Waals surface area contributed by atoms with Crippen LogP contribution >= 0.6 is 11.8 Å². The number of carbonyl (C=O) groups is 2. The Labute approximate surface area is 274 Å². The lowest BCUT2D eigenvalue weighted by Gasteiger charge is -2.35. The maximum Gasteiger partial charge on any atom is 0.220 e. The van der Waals surface area contributed by atoms with E-state index in [4.69, 9.17) is 0 Å². The van der Waals surface area contributed by atoms with Gasteiger partial charge in [-0.05, 0) is 88.3 Å². The number of benzene rings is 2. The third kappa shape index (κ3) is 7.32. The first-order valence-electron chi connectivity index (χ1n) is 16.0. The molecule has 1 aliphatic carbocycles. The van der Waals surface area contributed by atoms with Crippen LogP contribution in [0.4, 0.5) is 5.82 Å². The van der Waals surface area contributed by atoms with E-state index in [1.807, 2.05) is 66.5 Å². The van der Waals surface area contributed by atoms with E-state index in [0.717, 1.165) is 69.9 Å². The van der Waals surface area contributed by atoms with E-state index in [-0.39, 0.29) is 23.0 Å². The van der Waals surface area contributed by atoms with Crippen LogP contribution in [0.25, 0.3) is 0 Å². The number of fused-ring (bicyclic) bond motifs is 2. The number of anilines is 1. The molecule has 0 radical (unpaired) electrons. The molecule has 0 N–H and O–H groups in total. The molecule has 6 rings (SSSR count). The van der Waals surface area contributed by atoms with Gasteiger partial charge in [0.05, 0.1) is 6.54 Å². The van der Waals surface area contributed by atoms with Gasteiger partial charge in [-0.25, -0.2) is 4.98 Å². The number of thioether (sulfide) groups is 1. The molecule has 46 heavy (non-hydrogen) atoms. The van der Waals surface area contributed by atoms with E-state index in [2.05, 4.69) is 51.0 Å². The van der Waals surface area contributed by atoms with Crippen LogP contribution in [0.5, 0.6) is 0 Å². The number of hydrogen-bond donors (Lipinski definition) is 0. The lowest BCUT2D eigenvalue weighted by molar-refractivity contribution is -0.749. The quantitative estimate of drug-likeness (QED) is 0.108.